The highest BCUT2D eigenvalue weighted by Gasteiger charge is 2.29. The molecule has 1 atom stereocenters. The van der Waals surface area contributed by atoms with Crippen LogP contribution in [0.4, 0.5) is 0 Å². The molecule has 0 aromatic carbocycles. The minimum Gasteiger partial charge on any atom is -0.477 e. The van der Waals surface area contributed by atoms with Gasteiger partial charge in [0.2, 0.25) is 0 Å². The van der Waals surface area contributed by atoms with Gasteiger partial charge in [0.05, 0.1) is 5.60 Å². The fourth-order valence-electron chi connectivity index (χ4n) is 2.24. The quantitative estimate of drug-likeness (QED) is 0.862. The summed E-state index contributed by atoms with van der Waals surface area (Å²) in [7, 11) is 0. The largest absolute Gasteiger partial charge is 0.477 e. The third kappa shape index (κ3) is 3.10. The van der Waals surface area contributed by atoms with E-state index in [9.17, 15) is 4.79 Å². The van der Waals surface area contributed by atoms with Crippen molar-refractivity contribution in [2.24, 2.45) is 0 Å². The second-order valence-electron chi connectivity index (χ2n) is 5.00. The second-order valence-corrected chi connectivity index (χ2v) is 6.26. The van der Waals surface area contributed by atoms with Gasteiger partial charge in [-0.25, -0.2) is 4.79 Å². The number of aromatic carboxylic acids is 1. The molecule has 100 valence electrons. The van der Waals surface area contributed by atoms with Crippen LogP contribution in [0.2, 0.25) is 0 Å². The van der Waals surface area contributed by atoms with Gasteiger partial charge in [0.1, 0.15) is 4.88 Å². The van der Waals surface area contributed by atoms with Crippen molar-refractivity contribution in [1.82, 2.24) is 5.32 Å². The molecule has 0 amide bonds. The van der Waals surface area contributed by atoms with Crippen molar-refractivity contribution in [3.8, 4) is 0 Å². The minimum absolute atomic E-state index is 0.0560. The van der Waals surface area contributed by atoms with E-state index in [1.165, 1.54) is 11.3 Å². The van der Waals surface area contributed by atoms with E-state index in [-0.39, 0.29) is 5.60 Å². The number of carboxylic acid groups (broad SMARTS) is 1. The van der Waals surface area contributed by atoms with Gasteiger partial charge in [-0.3, -0.25) is 0 Å². The molecule has 1 aliphatic heterocycles. The van der Waals surface area contributed by atoms with Crippen molar-refractivity contribution in [3.63, 3.8) is 0 Å². The summed E-state index contributed by atoms with van der Waals surface area (Å²) in [5, 5.41) is 12.3. The Bertz CT molecular complexity index is 435. The number of carboxylic acids is 1. The lowest BCUT2D eigenvalue weighted by Gasteiger charge is -2.23. The molecule has 1 aromatic rings. The first-order chi connectivity index (χ1) is 8.50. The first-order valence-electron chi connectivity index (χ1n) is 6.17. The Morgan fingerprint density at radius 2 is 2.44 bits per heavy atom. The molecule has 18 heavy (non-hydrogen) atoms. The lowest BCUT2D eigenvalue weighted by Crippen LogP contribution is -2.36. The van der Waals surface area contributed by atoms with Crippen LogP contribution in [-0.4, -0.2) is 29.8 Å². The Hall–Kier alpha value is -0.910. The van der Waals surface area contributed by atoms with E-state index in [1.807, 2.05) is 6.92 Å². The highest BCUT2D eigenvalue weighted by molar-refractivity contribution is 7.14. The minimum atomic E-state index is -0.847. The van der Waals surface area contributed by atoms with Crippen molar-refractivity contribution in [2.75, 3.05) is 13.2 Å². The summed E-state index contributed by atoms with van der Waals surface area (Å²) >= 11 is 1.33. The molecule has 2 N–H and O–H groups in total. The van der Waals surface area contributed by atoms with E-state index in [4.69, 9.17) is 9.84 Å². The van der Waals surface area contributed by atoms with Crippen molar-refractivity contribution in [2.45, 2.75) is 38.8 Å². The van der Waals surface area contributed by atoms with Crippen LogP contribution in [-0.2, 0) is 11.3 Å². The van der Waals surface area contributed by atoms with Crippen molar-refractivity contribution < 1.29 is 14.6 Å². The molecule has 1 fully saturated rings. The van der Waals surface area contributed by atoms with Crippen molar-refractivity contribution in [3.05, 3.63) is 21.4 Å². The Morgan fingerprint density at radius 3 is 3.00 bits per heavy atom. The van der Waals surface area contributed by atoms with Crippen LogP contribution in [0.25, 0.3) is 0 Å². The molecule has 2 rings (SSSR count). The summed E-state index contributed by atoms with van der Waals surface area (Å²) in [5.41, 5.74) is 1.01. The third-order valence-corrected chi connectivity index (χ3v) is 4.43. The lowest BCUT2D eigenvalue weighted by atomic mass is 10.0. The van der Waals surface area contributed by atoms with E-state index in [0.717, 1.165) is 36.4 Å². The van der Waals surface area contributed by atoms with Crippen LogP contribution in [0.3, 0.4) is 0 Å². The van der Waals surface area contributed by atoms with E-state index in [1.54, 1.807) is 6.07 Å². The van der Waals surface area contributed by atoms with Crippen LogP contribution in [0, 0.1) is 6.92 Å². The smallest absolute Gasteiger partial charge is 0.345 e. The summed E-state index contributed by atoms with van der Waals surface area (Å²) < 4.78 is 5.70. The molecular weight excluding hydrogens is 250 g/mol. The number of hydrogen-bond acceptors (Lipinski definition) is 4. The molecule has 0 bridgehead atoms. The predicted molar refractivity (Wildman–Crippen MR) is 71.3 cm³/mol. The zero-order valence-electron chi connectivity index (χ0n) is 10.8. The van der Waals surface area contributed by atoms with Gasteiger partial charge >= 0.3 is 5.97 Å². The maximum atomic E-state index is 10.9. The molecule has 0 aliphatic carbocycles. The highest BCUT2D eigenvalue weighted by atomic mass is 32.1. The number of nitrogens with one attached hydrogen (secondary N) is 1. The number of ether oxygens (including phenoxy) is 1. The lowest BCUT2D eigenvalue weighted by molar-refractivity contribution is 0.0206. The molecule has 1 unspecified atom stereocenters. The van der Waals surface area contributed by atoms with Crippen LogP contribution in [0.5, 0.6) is 0 Å². The SMILES string of the molecule is Cc1sc(C(=O)O)cc1CNCC1(C)CCCO1. The fourth-order valence-corrected chi connectivity index (χ4v) is 3.12. The van der Waals surface area contributed by atoms with E-state index in [2.05, 4.69) is 12.2 Å². The fraction of sp³-hybridized carbons (Fsp3) is 0.615. The summed E-state index contributed by atoms with van der Waals surface area (Å²) in [6.45, 7) is 6.44. The normalized spacial score (nSPS) is 23.4. The topological polar surface area (TPSA) is 58.6 Å². The number of thiophene rings is 1. The van der Waals surface area contributed by atoms with Gasteiger partial charge in [-0.05, 0) is 38.3 Å². The van der Waals surface area contributed by atoms with Crippen LogP contribution >= 0.6 is 11.3 Å². The van der Waals surface area contributed by atoms with Gasteiger partial charge in [0.25, 0.3) is 0 Å². The van der Waals surface area contributed by atoms with E-state index >= 15 is 0 Å². The number of hydrogen-bond donors (Lipinski definition) is 2. The highest BCUT2D eigenvalue weighted by Crippen LogP contribution is 2.25. The Labute approximate surface area is 111 Å². The van der Waals surface area contributed by atoms with Crippen LogP contribution in [0.15, 0.2) is 6.07 Å². The summed E-state index contributed by atoms with van der Waals surface area (Å²) in [4.78, 5) is 12.3. The third-order valence-electron chi connectivity index (χ3n) is 3.35. The standard InChI is InChI=1S/C13H19NO3S/c1-9-10(6-11(18-9)12(15)16)7-14-8-13(2)4-3-5-17-13/h6,14H,3-5,7-8H2,1-2H3,(H,15,16). The Balaban J connectivity index is 1.88. The molecule has 5 heteroatoms. The average molecular weight is 269 g/mol. The van der Waals surface area contributed by atoms with Gasteiger partial charge < -0.3 is 15.2 Å². The molecule has 0 radical (unpaired) electrons. The average Bonchev–Trinajstić information content (AvgIpc) is 2.87. The van der Waals surface area contributed by atoms with Gasteiger partial charge in [-0.2, -0.15) is 0 Å². The second kappa shape index (κ2) is 5.38. The molecule has 4 nitrogen and oxygen atoms in total. The molecule has 2 heterocycles. The van der Waals surface area contributed by atoms with Crippen LogP contribution in [0.1, 0.15) is 39.9 Å². The van der Waals surface area contributed by atoms with E-state index < -0.39 is 5.97 Å². The maximum absolute atomic E-state index is 10.9. The molecule has 0 spiro atoms. The monoisotopic (exact) mass is 269 g/mol. The van der Waals surface area contributed by atoms with Gasteiger partial charge in [0, 0.05) is 24.6 Å². The van der Waals surface area contributed by atoms with Gasteiger partial charge in [0.15, 0.2) is 0 Å². The molecular formula is C13H19NO3S. The van der Waals surface area contributed by atoms with Gasteiger partial charge in [-0.1, -0.05) is 0 Å². The predicted octanol–water partition coefficient (Wildman–Crippen LogP) is 2.41. The summed E-state index contributed by atoms with van der Waals surface area (Å²) in [5.74, 6) is -0.847. The number of aryl methyl sites for hydroxylation is 1. The zero-order chi connectivity index (χ0) is 13.2. The Kier molecular flexibility index (Phi) is 4.04. The number of rotatable bonds is 5. The zero-order valence-corrected chi connectivity index (χ0v) is 11.6. The Morgan fingerprint density at radius 1 is 1.67 bits per heavy atom. The van der Waals surface area contributed by atoms with Crippen LogP contribution < -0.4 is 5.32 Å². The van der Waals surface area contributed by atoms with Crippen molar-refractivity contribution in [1.29, 1.82) is 0 Å². The number of carbonyl (C=O) groups is 1. The summed E-state index contributed by atoms with van der Waals surface area (Å²) in [6, 6.07) is 1.76. The first-order valence-corrected chi connectivity index (χ1v) is 6.99. The maximum Gasteiger partial charge on any atom is 0.345 e. The van der Waals surface area contributed by atoms with Crippen molar-refractivity contribution >= 4 is 17.3 Å². The van der Waals surface area contributed by atoms with E-state index in [0.29, 0.717) is 11.4 Å². The first kappa shape index (κ1) is 13.5. The molecule has 1 saturated heterocycles. The molecule has 1 aromatic heterocycles. The van der Waals surface area contributed by atoms with Gasteiger partial charge in [-0.15, -0.1) is 11.3 Å². The summed E-state index contributed by atoms with van der Waals surface area (Å²) in [6.07, 6.45) is 2.21. The molecule has 1 aliphatic rings. The molecule has 0 saturated carbocycles.